The molecule has 0 bridgehead atoms. The Morgan fingerprint density at radius 2 is 1.34 bits per heavy atom. The first-order valence-corrected chi connectivity index (χ1v) is 10.5. The van der Waals surface area contributed by atoms with Crippen LogP contribution in [0.3, 0.4) is 0 Å². The molecular formula is C28H22N2O2. The van der Waals surface area contributed by atoms with Crippen molar-refractivity contribution in [2.75, 3.05) is 0 Å². The molecule has 0 radical (unpaired) electrons. The summed E-state index contributed by atoms with van der Waals surface area (Å²) in [6, 6.07) is 32.0. The molecular weight excluding hydrogens is 396 g/mol. The second-order valence-electron chi connectivity index (χ2n) is 7.81. The number of aryl methyl sites for hydroxylation is 1. The molecule has 156 valence electrons. The van der Waals surface area contributed by atoms with Gasteiger partial charge in [-0.15, -0.1) is 10.2 Å². The highest BCUT2D eigenvalue weighted by Gasteiger charge is 2.13. The molecule has 5 aromatic rings. The Balaban J connectivity index is 1.45. The smallest absolute Gasteiger partial charge is 0.248 e. The summed E-state index contributed by atoms with van der Waals surface area (Å²) in [5.41, 5.74) is 7.76. The molecule has 0 fully saturated rings. The maximum absolute atomic E-state index is 9.71. The highest BCUT2D eigenvalue weighted by atomic mass is 16.4. The molecule has 0 aliphatic rings. The molecule has 0 atom stereocenters. The van der Waals surface area contributed by atoms with Crippen LogP contribution in [0.25, 0.3) is 34.0 Å². The van der Waals surface area contributed by atoms with E-state index in [-0.39, 0.29) is 5.75 Å². The van der Waals surface area contributed by atoms with E-state index in [1.807, 2.05) is 18.2 Å². The fourth-order valence-corrected chi connectivity index (χ4v) is 3.94. The van der Waals surface area contributed by atoms with E-state index in [2.05, 4.69) is 77.8 Å². The van der Waals surface area contributed by atoms with E-state index < -0.39 is 0 Å². The van der Waals surface area contributed by atoms with Crippen LogP contribution in [0.2, 0.25) is 0 Å². The van der Waals surface area contributed by atoms with Gasteiger partial charge in [-0.2, -0.15) is 0 Å². The lowest BCUT2D eigenvalue weighted by atomic mass is 9.92. The first kappa shape index (κ1) is 19.8. The van der Waals surface area contributed by atoms with E-state index in [1.54, 1.807) is 18.2 Å². The molecule has 0 aliphatic heterocycles. The van der Waals surface area contributed by atoms with Gasteiger partial charge in [0, 0.05) is 11.1 Å². The lowest BCUT2D eigenvalue weighted by molar-refractivity contribution is 0.475. The highest BCUT2D eigenvalue weighted by molar-refractivity contribution is 5.71. The van der Waals surface area contributed by atoms with Gasteiger partial charge in [-0.25, -0.2) is 0 Å². The molecule has 4 nitrogen and oxygen atoms in total. The van der Waals surface area contributed by atoms with E-state index in [0.29, 0.717) is 17.3 Å². The molecule has 0 spiro atoms. The van der Waals surface area contributed by atoms with Crippen molar-refractivity contribution in [3.05, 3.63) is 114 Å². The summed E-state index contributed by atoms with van der Waals surface area (Å²) in [5, 5.41) is 18.1. The fourth-order valence-electron chi connectivity index (χ4n) is 3.94. The van der Waals surface area contributed by atoms with Gasteiger partial charge in [0.15, 0.2) is 0 Å². The minimum Gasteiger partial charge on any atom is -0.508 e. The van der Waals surface area contributed by atoms with Gasteiger partial charge in [-0.05, 0) is 71.5 Å². The third kappa shape index (κ3) is 4.03. The van der Waals surface area contributed by atoms with E-state index in [9.17, 15) is 5.11 Å². The molecule has 5 rings (SSSR count). The van der Waals surface area contributed by atoms with Crippen molar-refractivity contribution >= 4 is 0 Å². The van der Waals surface area contributed by atoms with Crippen molar-refractivity contribution in [1.29, 1.82) is 0 Å². The number of benzene rings is 4. The van der Waals surface area contributed by atoms with Gasteiger partial charge in [0.2, 0.25) is 11.8 Å². The van der Waals surface area contributed by atoms with Gasteiger partial charge in [-0.3, -0.25) is 0 Å². The van der Waals surface area contributed by atoms with Crippen LogP contribution in [0.15, 0.2) is 101 Å². The monoisotopic (exact) mass is 418 g/mol. The Labute approximate surface area is 186 Å². The summed E-state index contributed by atoms with van der Waals surface area (Å²) in [4.78, 5) is 0. The molecule has 0 amide bonds. The quantitative estimate of drug-likeness (QED) is 0.346. The predicted octanol–water partition coefficient (Wildman–Crippen LogP) is 6.68. The molecule has 32 heavy (non-hydrogen) atoms. The third-order valence-corrected chi connectivity index (χ3v) is 5.54. The second kappa shape index (κ2) is 8.52. The molecule has 4 aromatic carbocycles. The van der Waals surface area contributed by atoms with Crippen molar-refractivity contribution in [1.82, 2.24) is 10.2 Å². The molecule has 4 heteroatoms. The Hall–Kier alpha value is -4.18. The zero-order valence-electron chi connectivity index (χ0n) is 17.7. The summed E-state index contributed by atoms with van der Waals surface area (Å²) in [5.74, 6) is 1.00. The van der Waals surface area contributed by atoms with Crippen molar-refractivity contribution < 1.29 is 9.52 Å². The summed E-state index contributed by atoms with van der Waals surface area (Å²) in [7, 11) is 0. The Morgan fingerprint density at radius 3 is 2.09 bits per heavy atom. The summed E-state index contributed by atoms with van der Waals surface area (Å²) >= 11 is 0. The van der Waals surface area contributed by atoms with Crippen molar-refractivity contribution in [2.24, 2.45) is 0 Å². The van der Waals surface area contributed by atoms with Crippen LogP contribution >= 0.6 is 0 Å². The SMILES string of the molecule is Cc1ccccc1-c1ccccc1Cc1cccc(-c2nnc(-c3cccc(O)c3)o2)c1. The van der Waals surface area contributed by atoms with Crippen LogP contribution in [0.4, 0.5) is 0 Å². The lowest BCUT2D eigenvalue weighted by Gasteiger charge is -2.12. The van der Waals surface area contributed by atoms with Crippen LogP contribution in [0, 0.1) is 6.92 Å². The topological polar surface area (TPSA) is 59.2 Å². The average molecular weight is 418 g/mol. The second-order valence-corrected chi connectivity index (χ2v) is 7.81. The number of aromatic hydroxyl groups is 1. The Bertz CT molecular complexity index is 1390. The van der Waals surface area contributed by atoms with Gasteiger partial charge in [0.1, 0.15) is 5.75 Å². The van der Waals surface area contributed by atoms with Gasteiger partial charge in [0.25, 0.3) is 0 Å². The number of hydrogen-bond donors (Lipinski definition) is 1. The fraction of sp³-hybridized carbons (Fsp3) is 0.0714. The van der Waals surface area contributed by atoms with E-state index in [0.717, 1.165) is 12.0 Å². The molecule has 1 aromatic heterocycles. The summed E-state index contributed by atoms with van der Waals surface area (Å²) in [6.45, 7) is 2.15. The van der Waals surface area contributed by atoms with Crippen LogP contribution in [0.5, 0.6) is 5.75 Å². The maximum Gasteiger partial charge on any atom is 0.248 e. The van der Waals surface area contributed by atoms with Crippen LogP contribution in [0.1, 0.15) is 16.7 Å². The highest BCUT2D eigenvalue weighted by Crippen LogP contribution is 2.30. The van der Waals surface area contributed by atoms with Gasteiger partial charge in [0.05, 0.1) is 0 Å². The number of phenols is 1. The van der Waals surface area contributed by atoms with Crippen LogP contribution < -0.4 is 0 Å². The zero-order valence-corrected chi connectivity index (χ0v) is 17.7. The van der Waals surface area contributed by atoms with Crippen molar-refractivity contribution in [3.63, 3.8) is 0 Å². The van der Waals surface area contributed by atoms with Gasteiger partial charge in [-0.1, -0.05) is 66.7 Å². The first-order valence-electron chi connectivity index (χ1n) is 10.5. The maximum atomic E-state index is 9.71. The molecule has 0 unspecified atom stereocenters. The number of aromatic nitrogens is 2. The van der Waals surface area contributed by atoms with Gasteiger partial charge >= 0.3 is 0 Å². The zero-order chi connectivity index (χ0) is 21.9. The van der Waals surface area contributed by atoms with Crippen molar-refractivity contribution in [2.45, 2.75) is 13.3 Å². The minimum atomic E-state index is 0.163. The standard InChI is InChI=1S/C28H22N2O2/c1-19-8-2-4-14-25(19)26-15-5-3-10-21(26)16-20-9-6-11-22(17-20)27-29-30-28(32-27)23-12-7-13-24(31)18-23/h2-15,17-18,31H,16H2,1H3. The van der Waals surface area contributed by atoms with Gasteiger partial charge < -0.3 is 9.52 Å². The van der Waals surface area contributed by atoms with E-state index in [4.69, 9.17) is 4.42 Å². The van der Waals surface area contributed by atoms with E-state index >= 15 is 0 Å². The first-order chi connectivity index (χ1) is 15.7. The molecule has 1 N–H and O–H groups in total. The normalized spacial score (nSPS) is 10.9. The molecule has 0 saturated heterocycles. The summed E-state index contributed by atoms with van der Waals surface area (Å²) in [6.07, 6.45) is 0.798. The number of phenolic OH excluding ortho intramolecular Hbond substituents is 1. The van der Waals surface area contributed by atoms with Crippen LogP contribution in [-0.4, -0.2) is 15.3 Å². The predicted molar refractivity (Wildman–Crippen MR) is 126 cm³/mol. The lowest BCUT2D eigenvalue weighted by Crippen LogP contribution is -1.94. The number of nitrogens with zero attached hydrogens (tertiary/aromatic N) is 2. The minimum absolute atomic E-state index is 0.163. The molecule has 1 heterocycles. The van der Waals surface area contributed by atoms with E-state index in [1.165, 1.54) is 27.8 Å². The number of rotatable bonds is 5. The molecule has 0 aliphatic carbocycles. The third-order valence-electron chi connectivity index (χ3n) is 5.54. The Morgan fingerprint density at radius 1 is 0.688 bits per heavy atom. The van der Waals surface area contributed by atoms with Crippen LogP contribution in [-0.2, 0) is 6.42 Å². The average Bonchev–Trinajstić information content (AvgIpc) is 3.31. The largest absolute Gasteiger partial charge is 0.508 e. The van der Waals surface area contributed by atoms with Crippen molar-refractivity contribution in [3.8, 4) is 39.8 Å². The number of hydrogen-bond acceptors (Lipinski definition) is 4. The molecule has 0 saturated carbocycles. The Kier molecular flexibility index (Phi) is 5.26. The summed E-state index contributed by atoms with van der Waals surface area (Å²) < 4.78 is 5.89.